The molecule has 0 unspecified atom stereocenters. The summed E-state index contributed by atoms with van der Waals surface area (Å²) >= 11 is 0. The van der Waals surface area contributed by atoms with Crippen LogP contribution in [0.2, 0.25) is 0 Å². The van der Waals surface area contributed by atoms with Crippen molar-refractivity contribution in [3.05, 3.63) is 53.1 Å². The predicted molar refractivity (Wildman–Crippen MR) is 60.7 cm³/mol. The van der Waals surface area contributed by atoms with Crippen molar-refractivity contribution in [2.75, 3.05) is 6.61 Å². The Morgan fingerprint density at radius 2 is 1.82 bits per heavy atom. The monoisotopic (exact) mass is 242 g/mol. The van der Waals surface area contributed by atoms with Crippen molar-refractivity contribution in [3.63, 3.8) is 0 Å². The highest BCUT2D eigenvalue weighted by Gasteiger charge is 2.09. The fourth-order valence-corrected chi connectivity index (χ4v) is 1.28. The molecule has 0 amide bonds. The molecule has 17 heavy (non-hydrogen) atoms. The fourth-order valence-electron chi connectivity index (χ4n) is 1.28. The molecule has 0 saturated carbocycles. The van der Waals surface area contributed by atoms with Crippen LogP contribution in [0.1, 0.15) is 19.4 Å². The number of hydrogen-bond acceptors (Lipinski definition) is 1. The summed E-state index contributed by atoms with van der Waals surface area (Å²) in [5, 5.41) is 0. The standard InChI is InChI=1S/C13H13F3O/c1-4-17-9(3)8(2)5-10-6-11(14)13(16)12(15)7-10/h5-7H,3-4H2,1-2H3/b8-5+. The SMILES string of the molecule is C=C(OCC)/C(C)=C/c1cc(F)c(F)c(F)c1. The predicted octanol–water partition coefficient (Wildman–Crippen LogP) is 4.06. The highest BCUT2D eigenvalue weighted by Crippen LogP contribution is 2.18. The number of hydrogen-bond donors (Lipinski definition) is 0. The van der Waals surface area contributed by atoms with Crippen LogP contribution in [0, 0.1) is 17.5 Å². The van der Waals surface area contributed by atoms with Crippen LogP contribution in [0.5, 0.6) is 0 Å². The molecule has 1 rings (SSSR count). The van der Waals surface area contributed by atoms with Gasteiger partial charge >= 0.3 is 0 Å². The average molecular weight is 242 g/mol. The molecule has 0 aliphatic carbocycles. The third kappa shape index (κ3) is 3.37. The van der Waals surface area contributed by atoms with Crippen molar-refractivity contribution in [1.29, 1.82) is 0 Å². The molecule has 0 radical (unpaired) electrons. The minimum Gasteiger partial charge on any atom is -0.494 e. The summed E-state index contributed by atoms with van der Waals surface area (Å²) < 4.78 is 43.7. The van der Waals surface area contributed by atoms with Gasteiger partial charge in [0.15, 0.2) is 17.5 Å². The quantitative estimate of drug-likeness (QED) is 0.439. The van der Waals surface area contributed by atoms with E-state index in [1.807, 2.05) is 0 Å². The van der Waals surface area contributed by atoms with Crippen molar-refractivity contribution < 1.29 is 17.9 Å². The molecule has 1 nitrogen and oxygen atoms in total. The largest absolute Gasteiger partial charge is 0.494 e. The van der Waals surface area contributed by atoms with E-state index in [0.717, 1.165) is 12.1 Å². The summed E-state index contributed by atoms with van der Waals surface area (Å²) in [5.41, 5.74) is 0.844. The van der Waals surface area contributed by atoms with Gasteiger partial charge in [-0.2, -0.15) is 0 Å². The van der Waals surface area contributed by atoms with Crippen molar-refractivity contribution in [1.82, 2.24) is 0 Å². The number of rotatable bonds is 4. The molecule has 4 heteroatoms. The summed E-state index contributed by atoms with van der Waals surface area (Å²) in [6, 6.07) is 1.84. The number of halogens is 3. The van der Waals surface area contributed by atoms with E-state index in [1.165, 1.54) is 6.08 Å². The van der Waals surface area contributed by atoms with Crippen molar-refractivity contribution in [3.8, 4) is 0 Å². The van der Waals surface area contributed by atoms with E-state index in [4.69, 9.17) is 4.74 Å². The summed E-state index contributed by atoms with van der Waals surface area (Å²) in [7, 11) is 0. The van der Waals surface area contributed by atoms with Gasteiger partial charge in [-0.1, -0.05) is 6.58 Å². The first-order valence-electron chi connectivity index (χ1n) is 5.10. The average Bonchev–Trinajstić information content (AvgIpc) is 2.26. The molecule has 0 fully saturated rings. The molecule has 0 N–H and O–H groups in total. The first-order valence-corrected chi connectivity index (χ1v) is 5.10. The van der Waals surface area contributed by atoms with Crippen LogP contribution >= 0.6 is 0 Å². The molecule has 0 spiro atoms. The first-order chi connectivity index (χ1) is 7.95. The second-order valence-electron chi connectivity index (χ2n) is 3.48. The lowest BCUT2D eigenvalue weighted by Crippen LogP contribution is -1.94. The topological polar surface area (TPSA) is 9.23 Å². The molecule has 0 heterocycles. The zero-order chi connectivity index (χ0) is 13.0. The van der Waals surface area contributed by atoms with E-state index in [0.29, 0.717) is 17.9 Å². The Morgan fingerprint density at radius 1 is 1.29 bits per heavy atom. The molecule has 1 aromatic carbocycles. The van der Waals surface area contributed by atoms with Crippen molar-refractivity contribution >= 4 is 6.08 Å². The summed E-state index contributed by atoms with van der Waals surface area (Å²) in [5.74, 6) is -3.49. The molecule has 0 aromatic heterocycles. The van der Waals surface area contributed by atoms with Crippen LogP contribution in [0.25, 0.3) is 6.08 Å². The Balaban J connectivity index is 3.02. The third-order valence-corrected chi connectivity index (χ3v) is 2.15. The van der Waals surface area contributed by atoms with Crippen LogP contribution in [0.3, 0.4) is 0 Å². The van der Waals surface area contributed by atoms with E-state index >= 15 is 0 Å². The maximum absolute atomic E-state index is 12.9. The molecular weight excluding hydrogens is 229 g/mol. The maximum atomic E-state index is 12.9. The van der Waals surface area contributed by atoms with Crippen LogP contribution < -0.4 is 0 Å². The van der Waals surface area contributed by atoms with E-state index in [2.05, 4.69) is 6.58 Å². The third-order valence-electron chi connectivity index (χ3n) is 2.15. The Labute approximate surface area is 98.2 Å². The van der Waals surface area contributed by atoms with Crippen LogP contribution in [0.4, 0.5) is 13.2 Å². The van der Waals surface area contributed by atoms with Gasteiger partial charge in [0.25, 0.3) is 0 Å². The number of ether oxygens (including phenoxy) is 1. The highest BCUT2D eigenvalue weighted by molar-refractivity contribution is 5.56. The lowest BCUT2D eigenvalue weighted by atomic mass is 10.1. The fraction of sp³-hybridized carbons (Fsp3) is 0.231. The van der Waals surface area contributed by atoms with Crippen molar-refractivity contribution in [2.45, 2.75) is 13.8 Å². The van der Waals surface area contributed by atoms with Gasteiger partial charge in [0, 0.05) is 0 Å². The second-order valence-corrected chi connectivity index (χ2v) is 3.48. The van der Waals surface area contributed by atoms with Crippen LogP contribution in [0.15, 0.2) is 30.0 Å². The minimum atomic E-state index is -1.47. The van der Waals surface area contributed by atoms with Gasteiger partial charge in [0.1, 0.15) is 5.76 Å². The van der Waals surface area contributed by atoms with Crippen molar-refractivity contribution in [2.24, 2.45) is 0 Å². The lowest BCUT2D eigenvalue weighted by Gasteiger charge is -2.07. The molecule has 1 aromatic rings. The minimum absolute atomic E-state index is 0.222. The molecule has 0 atom stereocenters. The molecule has 0 aliphatic heterocycles. The Bertz CT molecular complexity index is 441. The van der Waals surface area contributed by atoms with Gasteiger partial charge in [-0.05, 0) is 43.2 Å². The van der Waals surface area contributed by atoms with Gasteiger partial charge in [0.2, 0.25) is 0 Å². The summed E-state index contributed by atoms with van der Waals surface area (Å²) in [6.45, 7) is 7.60. The number of benzene rings is 1. The first kappa shape index (κ1) is 13.4. The van der Waals surface area contributed by atoms with Gasteiger partial charge in [0.05, 0.1) is 6.61 Å². The molecule has 0 bridgehead atoms. The zero-order valence-electron chi connectivity index (χ0n) is 9.69. The van der Waals surface area contributed by atoms with Gasteiger partial charge in [-0.3, -0.25) is 0 Å². The normalized spacial score (nSPS) is 11.5. The molecule has 0 saturated heterocycles. The number of allylic oxidation sites excluding steroid dienone is 1. The van der Waals surface area contributed by atoms with E-state index in [-0.39, 0.29) is 5.56 Å². The maximum Gasteiger partial charge on any atom is 0.194 e. The van der Waals surface area contributed by atoms with Crippen LogP contribution in [-0.4, -0.2) is 6.61 Å². The van der Waals surface area contributed by atoms with E-state index < -0.39 is 17.5 Å². The Hall–Kier alpha value is -1.71. The smallest absolute Gasteiger partial charge is 0.194 e. The van der Waals surface area contributed by atoms with Gasteiger partial charge in [-0.15, -0.1) is 0 Å². The summed E-state index contributed by atoms with van der Waals surface area (Å²) in [6.07, 6.45) is 1.48. The Kier molecular flexibility index (Phi) is 4.37. The second kappa shape index (κ2) is 5.57. The van der Waals surface area contributed by atoms with Gasteiger partial charge in [-0.25, -0.2) is 13.2 Å². The molecule has 92 valence electrons. The molecular formula is C13H13F3O. The highest BCUT2D eigenvalue weighted by atomic mass is 19.2. The van der Waals surface area contributed by atoms with E-state index in [9.17, 15) is 13.2 Å². The van der Waals surface area contributed by atoms with Gasteiger partial charge < -0.3 is 4.74 Å². The van der Waals surface area contributed by atoms with E-state index in [1.54, 1.807) is 13.8 Å². The lowest BCUT2D eigenvalue weighted by molar-refractivity contribution is 0.240. The van der Waals surface area contributed by atoms with Crippen LogP contribution in [-0.2, 0) is 4.74 Å². The zero-order valence-corrected chi connectivity index (χ0v) is 9.69. The summed E-state index contributed by atoms with van der Waals surface area (Å²) in [4.78, 5) is 0. The Morgan fingerprint density at radius 3 is 2.29 bits per heavy atom. The molecule has 0 aliphatic rings.